The molecule has 3 saturated heterocycles. The van der Waals surface area contributed by atoms with E-state index in [4.69, 9.17) is 9.47 Å². The molecule has 0 saturated carbocycles. The Hall–Kier alpha value is -4.47. The molecule has 0 aliphatic carbocycles. The van der Waals surface area contributed by atoms with Gasteiger partial charge in [-0.1, -0.05) is 49.4 Å². The number of aliphatic hydroxyl groups is 1. The lowest BCUT2D eigenvalue weighted by atomic mass is 9.62. The summed E-state index contributed by atoms with van der Waals surface area (Å²) < 4.78 is 12.5. The second-order valence-electron chi connectivity index (χ2n) is 12.9. The summed E-state index contributed by atoms with van der Waals surface area (Å²) in [4.78, 5) is 48.8. The van der Waals surface area contributed by atoms with Crippen molar-refractivity contribution in [2.75, 3.05) is 42.6 Å². The van der Waals surface area contributed by atoms with Crippen molar-refractivity contribution >= 4 is 39.9 Å². The quantitative estimate of drug-likeness (QED) is 0.282. The van der Waals surface area contributed by atoms with Crippen molar-refractivity contribution in [1.29, 1.82) is 0 Å². The maximum atomic E-state index is 14.9. The molecule has 3 amide bonds. The third-order valence-electron chi connectivity index (χ3n) is 10.3. The van der Waals surface area contributed by atoms with Gasteiger partial charge in [-0.05, 0) is 73.4 Å². The second kappa shape index (κ2) is 12.6. The number of anilines is 2. The van der Waals surface area contributed by atoms with Gasteiger partial charge >= 0.3 is 0 Å². The van der Waals surface area contributed by atoms with Gasteiger partial charge in [0.15, 0.2) is 0 Å². The lowest BCUT2D eigenvalue weighted by Gasteiger charge is -2.39. The first-order chi connectivity index (χ1) is 22.6. The third kappa shape index (κ3) is 5.12. The van der Waals surface area contributed by atoms with E-state index in [1.54, 1.807) is 22.0 Å². The van der Waals surface area contributed by atoms with E-state index in [2.05, 4.69) is 13.2 Å². The number of likely N-dealkylation sites (tertiary alicyclic amines) is 1. The highest BCUT2D eigenvalue weighted by atomic mass is 16.5. The Kier molecular flexibility index (Phi) is 8.72. The summed E-state index contributed by atoms with van der Waals surface area (Å²) in [6.45, 7) is 14.2. The SMILES string of the molecule is C=CCN(C(=O)C1N(CCO)C(=O)[C@@H]2[C@H](C(=O)N(CC=C)c3ccc(OCC)cc3)[C@@]3(C)OC12CC3C)c1ccc2ccccc2c1. The second-order valence-corrected chi connectivity index (χ2v) is 12.9. The first kappa shape index (κ1) is 32.5. The van der Waals surface area contributed by atoms with Gasteiger partial charge in [-0.25, -0.2) is 0 Å². The molecule has 2 bridgehead atoms. The lowest BCUT2D eigenvalue weighted by molar-refractivity contribution is -0.146. The van der Waals surface area contributed by atoms with E-state index in [-0.39, 0.29) is 49.9 Å². The number of hydrogen-bond acceptors (Lipinski definition) is 6. The Morgan fingerprint density at radius 2 is 1.64 bits per heavy atom. The monoisotopic (exact) mass is 637 g/mol. The van der Waals surface area contributed by atoms with Gasteiger partial charge < -0.3 is 29.3 Å². The molecule has 3 unspecified atom stereocenters. The number of rotatable bonds is 12. The number of hydrogen-bond donors (Lipinski definition) is 1. The molecule has 6 atom stereocenters. The van der Waals surface area contributed by atoms with Crippen LogP contribution in [0.2, 0.25) is 0 Å². The summed E-state index contributed by atoms with van der Waals surface area (Å²) in [6.07, 6.45) is 3.73. The Morgan fingerprint density at radius 1 is 1.00 bits per heavy atom. The molecule has 3 heterocycles. The Bertz CT molecular complexity index is 1710. The maximum absolute atomic E-state index is 14.9. The van der Waals surface area contributed by atoms with Crippen LogP contribution < -0.4 is 14.5 Å². The zero-order valence-electron chi connectivity index (χ0n) is 27.3. The Morgan fingerprint density at radius 3 is 2.28 bits per heavy atom. The molecule has 3 aromatic carbocycles. The van der Waals surface area contributed by atoms with Gasteiger partial charge in [0.25, 0.3) is 5.91 Å². The summed E-state index contributed by atoms with van der Waals surface area (Å²) >= 11 is 0. The molecule has 246 valence electrons. The molecule has 3 aliphatic heterocycles. The number of carbonyl (C=O) groups is 3. The molecular weight excluding hydrogens is 594 g/mol. The highest BCUT2D eigenvalue weighted by Crippen LogP contribution is 2.65. The number of carbonyl (C=O) groups excluding carboxylic acids is 3. The van der Waals surface area contributed by atoms with Crippen LogP contribution in [0.4, 0.5) is 11.4 Å². The van der Waals surface area contributed by atoms with E-state index in [1.807, 2.05) is 87.5 Å². The van der Waals surface area contributed by atoms with Crippen molar-refractivity contribution < 1.29 is 29.0 Å². The predicted octanol–water partition coefficient (Wildman–Crippen LogP) is 4.98. The normalized spacial score (nSPS) is 27.5. The van der Waals surface area contributed by atoms with Crippen molar-refractivity contribution in [3.05, 3.63) is 92.0 Å². The van der Waals surface area contributed by atoms with Gasteiger partial charge in [-0.15, -0.1) is 13.2 Å². The van der Waals surface area contributed by atoms with Crippen LogP contribution in [0.15, 0.2) is 92.0 Å². The fraction of sp³-hybridized carbons (Fsp3) is 0.395. The minimum absolute atomic E-state index is 0.0578. The van der Waals surface area contributed by atoms with Gasteiger partial charge in [0.05, 0.1) is 30.7 Å². The first-order valence-corrected chi connectivity index (χ1v) is 16.3. The average molecular weight is 638 g/mol. The van der Waals surface area contributed by atoms with E-state index in [1.165, 1.54) is 4.90 Å². The van der Waals surface area contributed by atoms with Crippen molar-refractivity contribution in [2.24, 2.45) is 17.8 Å². The Balaban J connectivity index is 1.42. The largest absolute Gasteiger partial charge is 0.494 e. The van der Waals surface area contributed by atoms with Gasteiger partial charge in [-0.3, -0.25) is 14.4 Å². The molecule has 0 aromatic heterocycles. The van der Waals surface area contributed by atoms with E-state index >= 15 is 0 Å². The molecule has 9 nitrogen and oxygen atoms in total. The third-order valence-corrected chi connectivity index (χ3v) is 10.3. The Labute approximate surface area is 276 Å². The molecule has 0 radical (unpaired) electrons. The molecular formula is C38H43N3O6. The minimum Gasteiger partial charge on any atom is -0.494 e. The van der Waals surface area contributed by atoms with Gasteiger partial charge in [0.2, 0.25) is 11.8 Å². The molecule has 1 spiro atoms. The maximum Gasteiger partial charge on any atom is 0.253 e. The van der Waals surface area contributed by atoms with Gasteiger partial charge in [0, 0.05) is 31.0 Å². The van der Waals surface area contributed by atoms with E-state index in [0.29, 0.717) is 30.2 Å². The van der Waals surface area contributed by atoms with E-state index in [9.17, 15) is 19.5 Å². The lowest BCUT2D eigenvalue weighted by Crippen LogP contribution is -2.57. The number of benzene rings is 3. The van der Waals surface area contributed by atoms with Crippen molar-refractivity contribution in [3.63, 3.8) is 0 Å². The summed E-state index contributed by atoms with van der Waals surface area (Å²) in [5, 5.41) is 12.1. The fourth-order valence-electron chi connectivity index (χ4n) is 8.19. The highest BCUT2D eigenvalue weighted by molar-refractivity contribution is 6.07. The van der Waals surface area contributed by atoms with E-state index in [0.717, 1.165) is 10.8 Å². The molecule has 3 aromatic rings. The molecule has 47 heavy (non-hydrogen) atoms. The minimum atomic E-state index is -1.26. The first-order valence-electron chi connectivity index (χ1n) is 16.3. The molecule has 6 rings (SSSR count). The fourth-order valence-corrected chi connectivity index (χ4v) is 8.19. The van der Waals surface area contributed by atoms with Crippen molar-refractivity contribution in [3.8, 4) is 5.75 Å². The van der Waals surface area contributed by atoms with Crippen LogP contribution in [0, 0.1) is 17.8 Å². The van der Waals surface area contributed by atoms with Crippen LogP contribution in [-0.2, 0) is 19.1 Å². The average Bonchev–Trinajstić information content (AvgIpc) is 3.58. The van der Waals surface area contributed by atoms with Crippen LogP contribution in [0.1, 0.15) is 27.2 Å². The number of nitrogens with zero attached hydrogens (tertiary/aromatic N) is 3. The van der Waals surface area contributed by atoms with Crippen LogP contribution >= 0.6 is 0 Å². The van der Waals surface area contributed by atoms with Crippen LogP contribution in [0.3, 0.4) is 0 Å². The van der Waals surface area contributed by atoms with Gasteiger partial charge in [0.1, 0.15) is 17.4 Å². The topological polar surface area (TPSA) is 99.6 Å². The molecule has 3 fully saturated rings. The molecule has 3 aliphatic rings. The number of β-amino-alcohol motifs (C(OH)–C–C–N with tert-alkyl or cyclic N) is 1. The smallest absolute Gasteiger partial charge is 0.253 e. The molecule has 9 heteroatoms. The number of amides is 3. The standard InChI is InChI=1S/C38H43N3O6/c1-6-19-39(28-15-17-30(18-16-28)46-8-3)34(43)31-32-35(44)41(21-22-42)33(38(32)24-25(4)37(31,5)47-38)36(45)40(20-7-2)29-14-13-26-11-9-10-12-27(26)23-29/h6-7,9-18,23,25,31-33,42H,1-2,8,19-22,24H2,3-5H3/t25?,31-,32+,33?,37+,38?/m1/s1. The van der Waals surface area contributed by atoms with Crippen molar-refractivity contribution in [1.82, 2.24) is 4.90 Å². The van der Waals surface area contributed by atoms with Crippen molar-refractivity contribution in [2.45, 2.75) is 44.4 Å². The number of ether oxygens (including phenoxy) is 2. The zero-order chi connectivity index (χ0) is 33.5. The predicted molar refractivity (Wildman–Crippen MR) is 182 cm³/mol. The summed E-state index contributed by atoms with van der Waals surface area (Å²) in [7, 11) is 0. The van der Waals surface area contributed by atoms with Gasteiger partial charge in [-0.2, -0.15) is 0 Å². The zero-order valence-corrected chi connectivity index (χ0v) is 27.3. The summed E-state index contributed by atoms with van der Waals surface area (Å²) in [5.74, 6) is -2.17. The van der Waals surface area contributed by atoms with E-state index < -0.39 is 29.1 Å². The van der Waals surface area contributed by atoms with Crippen LogP contribution in [0.5, 0.6) is 5.75 Å². The number of aliphatic hydroxyl groups excluding tert-OH is 1. The van der Waals surface area contributed by atoms with Crippen LogP contribution in [-0.4, -0.2) is 77.8 Å². The highest BCUT2D eigenvalue weighted by Gasteiger charge is 2.80. The van der Waals surface area contributed by atoms with Crippen LogP contribution in [0.25, 0.3) is 10.8 Å². The summed E-state index contributed by atoms with van der Waals surface area (Å²) in [5.41, 5.74) is -0.952. The summed E-state index contributed by atoms with van der Waals surface area (Å²) in [6, 6.07) is 19.9. The number of fused-ring (bicyclic) bond motifs is 2. The molecule has 1 N–H and O–H groups in total.